The van der Waals surface area contributed by atoms with Gasteiger partial charge in [0, 0.05) is 11.8 Å². The third-order valence-corrected chi connectivity index (χ3v) is 7.02. The van der Waals surface area contributed by atoms with Gasteiger partial charge in [0.05, 0.1) is 6.10 Å². The molecule has 0 aromatic heterocycles. The summed E-state index contributed by atoms with van der Waals surface area (Å²) >= 11 is 5.21. The van der Waals surface area contributed by atoms with E-state index in [1.165, 1.54) is 0 Å². The van der Waals surface area contributed by atoms with Crippen molar-refractivity contribution in [3.8, 4) is 5.75 Å². The topological polar surface area (TPSA) is 40.5 Å². The zero-order valence-corrected chi connectivity index (χ0v) is 14.1. The minimum atomic E-state index is -0.888. The second-order valence-electron chi connectivity index (χ2n) is 8.00. The Morgan fingerprint density at radius 3 is 2.87 bits per heavy atom. The Kier molecular flexibility index (Phi) is 3.54. The third-order valence-electron chi connectivity index (χ3n) is 6.70. The Morgan fingerprint density at radius 1 is 1.35 bits per heavy atom. The van der Waals surface area contributed by atoms with Crippen LogP contribution in [0.3, 0.4) is 0 Å². The van der Waals surface area contributed by atoms with Gasteiger partial charge in [0.15, 0.2) is 0 Å². The second-order valence-corrected chi connectivity index (χ2v) is 8.27. The van der Waals surface area contributed by atoms with Crippen LogP contribution in [-0.4, -0.2) is 27.9 Å². The Labute approximate surface area is 141 Å². The molecule has 124 valence electrons. The molecular formula is C19H23FO2S. The standard InChI is InChI=1S/C19H23FO2S/c1-19-7-15(20)17-12-5-3-11(21)6-10(12)2-4-13(17)18(19)14(9-23)16(22)8-19/h3,5-6,9,13-18,21-22H,2,4,7-8H2,1H3/t13-,14-,15+,16-,17-,18-,19-/m1/s1. The Morgan fingerprint density at radius 2 is 2.13 bits per heavy atom. The molecule has 0 heterocycles. The quantitative estimate of drug-likeness (QED) is 0.768. The number of thiocarbonyl (C=S) groups is 1. The van der Waals surface area contributed by atoms with E-state index in [0.29, 0.717) is 12.8 Å². The van der Waals surface area contributed by atoms with Gasteiger partial charge in [-0.3, -0.25) is 0 Å². The zero-order chi connectivity index (χ0) is 16.4. The summed E-state index contributed by atoms with van der Waals surface area (Å²) in [5, 5.41) is 21.9. The first kappa shape index (κ1) is 15.5. The van der Waals surface area contributed by atoms with Crippen LogP contribution in [0.1, 0.15) is 43.2 Å². The fourth-order valence-electron chi connectivity index (χ4n) is 5.96. The van der Waals surface area contributed by atoms with Crippen molar-refractivity contribution in [2.75, 3.05) is 0 Å². The van der Waals surface area contributed by atoms with Crippen molar-refractivity contribution in [3.05, 3.63) is 29.3 Å². The average molecular weight is 334 g/mol. The number of halogens is 1. The first-order valence-electron chi connectivity index (χ1n) is 8.54. The molecule has 23 heavy (non-hydrogen) atoms. The Hall–Kier alpha value is -1.00. The number of rotatable bonds is 1. The third kappa shape index (κ3) is 2.18. The molecule has 3 aliphatic rings. The maximum Gasteiger partial charge on any atom is 0.115 e. The average Bonchev–Trinajstić information content (AvgIpc) is 2.75. The smallest absolute Gasteiger partial charge is 0.115 e. The van der Waals surface area contributed by atoms with Crippen molar-refractivity contribution in [1.29, 1.82) is 0 Å². The summed E-state index contributed by atoms with van der Waals surface area (Å²) in [5.41, 5.74) is 1.97. The van der Waals surface area contributed by atoms with Crippen molar-refractivity contribution in [3.63, 3.8) is 0 Å². The van der Waals surface area contributed by atoms with E-state index in [4.69, 9.17) is 12.2 Å². The summed E-state index contributed by atoms with van der Waals surface area (Å²) in [6.07, 6.45) is 1.60. The van der Waals surface area contributed by atoms with E-state index in [9.17, 15) is 10.2 Å². The highest BCUT2D eigenvalue weighted by molar-refractivity contribution is 7.79. The number of alkyl halides is 1. The van der Waals surface area contributed by atoms with Crippen molar-refractivity contribution < 1.29 is 14.6 Å². The lowest BCUT2D eigenvalue weighted by molar-refractivity contribution is -0.00594. The van der Waals surface area contributed by atoms with Gasteiger partial charge in [-0.2, -0.15) is 0 Å². The predicted molar refractivity (Wildman–Crippen MR) is 91.5 cm³/mol. The maximum absolute atomic E-state index is 15.2. The molecule has 0 unspecified atom stereocenters. The second kappa shape index (κ2) is 5.25. The summed E-state index contributed by atoms with van der Waals surface area (Å²) < 4.78 is 15.2. The van der Waals surface area contributed by atoms with Crippen LogP contribution in [0.5, 0.6) is 5.75 Å². The largest absolute Gasteiger partial charge is 0.508 e. The van der Waals surface area contributed by atoms with Crippen LogP contribution >= 0.6 is 12.2 Å². The van der Waals surface area contributed by atoms with Crippen LogP contribution in [0.15, 0.2) is 18.2 Å². The molecule has 1 aromatic carbocycles. The van der Waals surface area contributed by atoms with Gasteiger partial charge >= 0.3 is 0 Å². The number of fused-ring (bicyclic) bond motifs is 5. The van der Waals surface area contributed by atoms with Gasteiger partial charge in [0.1, 0.15) is 11.9 Å². The molecule has 2 fully saturated rings. The van der Waals surface area contributed by atoms with Crippen LogP contribution in [0.25, 0.3) is 0 Å². The first-order chi connectivity index (χ1) is 10.9. The van der Waals surface area contributed by atoms with E-state index < -0.39 is 12.3 Å². The number of aromatic hydroxyl groups is 1. The van der Waals surface area contributed by atoms with E-state index in [1.807, 2.05) is 6.07 Å². The van der Waals surface area contributed by atoms with Gasteiger partial charge in [-0.25, -0.2) is 4.39 Å². The molecular weight excluding hydrogens is 311 g/mol. The molecule has 4 rings (SSSR count). The summed E-state index contributed by atoms with van der Waals surface area (Å²) in [4.78, 5) is 0. The van der Waals surface area contributed by atoms with Crippen molar-refractivity contribution >= 4 is 17.6 Å². The summed E-state index contributed by atoms with van der Waals surface area (Å²) in [7, 11) is 0. The first-order valence-corrected chi connectivity index (χ1v) is 9.01. The van der Waals surface area contributed by atoms with E-state index in [2.05, 4.69) is 6.92 Å². The SMILES string of the molecule is C[C@@]12C[C@@H](O)[C@@H](C=S)[C@H]1[C@@H]1CCc3cc(O)ccc3[C@H]1[C@@H](F)C2. The highest BCUT2D eigenvalue weighted by Gasteiger charge is 2.59. The van der Waals surface area contributed by atoms with Gasteiger partial charge < -0.3 is 10.2 Å². The number of benzene rings is 1. The minimum Gasteiger partial charge on any atom is -0.508 e. The molecule has 4 heteroatoms. The molecule has 7 atom stereocenters. The summed E-state index contributed by atoms with van der Waals surface area (Å²) in [6.45, 7) is 2.13. The molecule has 2 saturated carbocycles. The number of aliphatic hydroxyl groups is 1. The minimum absolute atomic E-state index is 0.00587. The van der Waals surface area contributed by atoms with E-state index in [-0.39, 0.29) is 34.8 Å². The molecule has 0 aliphatic heterocycles. The molecule has 0 bridgehead atoms. The van der Waals surface area contributed by atoms with E-state index in [0.717, 1.165) is 24.0 Å². The number of hydrogen-bond acceptors (Lipinski definition) is 3. The molecule has 1 aromatic rings. The van der Waals surface area contributed by atoms with Crippen molar-refractivity contribution in [1.82, 2.24) is 0 Å². The normalized spacial score (nSPS) is 45.0. The highest BCUT2D eigenvalue weighted by Crippen LogP contribution is 2.63. The number of phenols is 1. The molecule has 0 saturated heterocycles. The number of aliphatic hydroxyl groups excluding tert-OH is 1. The maximum atomic E-state index is 15.2. The van der Waals surface area contributed by atoms with Gasteiger partial charge in [0.2, 0.25) is 0 Å². The van der Waals surface area contributed by atoms with Crippen LogP contribution < -0.4 is 0 Å². The highest BCUT2D eigenvalue weighted by atomic mass is 32.1. The number of hydrogen-bond donors (Lipinski definition) is 2. The van der Waals surface area contributed by atoms with Crippen LogP contribution in [0.2, 0.25) is 0 Å². The van der Waals surface area contributed by atoms with Crippen molar-refractivity contribution in [2.24, 2.45) is 23.2 Å². The molecule has 3 aliphatic carbocycles. The number of phenolic OH excluding ortho intramolecular Hbond substituents is 1. The van der Waals surface area contributed by atoms with Crippen molar-refractivity contribution in [2.45, 2.75) is 50.8 Å². The fraction of sp³-hybridized carbons (Fsp3) is 0.632. The lowest BCUT2D eigenvalue weighted by Gasteiger charge is -2.51. The lowest BCUT2D eigenvalue weighted by atomic mass is 9.54. The Bertz CT molecular complexity index is 648. The number of aryl methyl sites for hydroxylation is 1. The lowest BCUT2D eigenvalue weighted by Crippen LogP contribution is -2.47. The van der Waals surface area contributed by atoms with Gasteiger partial charge in [0.25, 0.3) is 0 Å². The molecule has 2 N–H and O–H groups in total. The predicted octanol–water partition coefficient (Wildman–Crippen LogP) is 3.78. The van der Waals surface area contributed by atoms with Crippen LogP contribution in [0, 0.1) is 23.2 Å². The van der Waals surface area contributed by atoms with Crippen LogP contribution in [-0.2, 0) is 6.42 Å². The summed E-state index contributed by atoms with van der Waals surface area (Å²) in [5.74, 6) is 0.608. The molecule has 0 spiro atoms. The summed E-state index contributed by atoms with van der Waals surface area (Å²) in [6, 6.07) is 5.35. The van der Waals surface area contributed by atoms with Crippen LogP contribution in [0.4, 0.5) is 4.39 Å². The van der Waals surface area contributed by atoms with Gasteiger partial charge in [-0.05, 0) is 71.6 Å². The monoisotopic (exact) mass is 334 g/mol. The fourth-order valence-corrected chi connectivity index (χ4v) is 6.31. The molecule has 0 amide bonds. The molecule has 2 nitrogen and oxygen atoms in total. The van der Waals surface area contributed by atoms with E-state index >= 15 is 4.39 Å². The zero-order valence-electron chi connectivity index (χ0n) is 13.3. The van der Waals surface area contributed by atoms with Gasteiger partial charge in [-0.15, -0.1) is 0 Å². The van der Waals surface area contributed by atoms with Gasteiger partial charge in [-0.1, -0.05) is 25.2 Å². The molecule has 0 radical (unpaired) electrons. The van der Waals surface area contributed by atoms with E-state index in [1.54, 1.807) is 17.5 Å². The Balaban J connectivity index is 1.79.